The van der Waals surface area contributed by atoms with Gasteiger partial charge in [-0.15, -0.1) is 0 Å². The van der Waals surface area contributed by atoms with Crippen molar-refractivity contribution in [2.75, 3.05) is 0 Å². The van der Waals surface area contributed by atoms with E-state index in [9.17, 15) is 13.2 Å². The van der Waals surface area contributed by atoms with Gasteiger partial charge in [0.1, 0.15) is 0 Å². The monoisotopic (exact) mass is 304 g/mol. The van der Waals surface area contributed by atoms with Crippen LogP contribution in [0.4, 0.5) is 13.2 Å². The highest BCUT2D eigenvalue weighted by Crippen LogP contribution is 2.28. The van der Waals surface area contributed by atoms with Gasteiger partial charge < -0.3 is 0 Å². The van der Waals surface area contributed by atoms with E-state index < -0.39 is 18.5 Å². The summed E-state index contributed by atoms with van der Waals surface area (Å²) in [5.41, 5.74) is 2.00. The highest BCUT2D eigenvalue weighted by Gasteiger charge is 2.30. The van der Waals surface area contributed by atoms with E-state index >= 15 is 0 Å². The number of hydrogen-bond donors (Lipinski definition) is 0. The van der Waals surface area contributed by atoms with Gasteiger partial charge in [-0.25, -0.2) is 0 Å². The molecule has 0 radical (unpaired) electrons. The van der Waals surface area contributed by atoms with Crippen LogP contribution in [0.15, 0.2) is 66.7 Å². The first-order chi connectivity index (χ1) is 10.5. The lowest BCUT2D eigenvalue weighted by atomic mass is 9.95. The second-order valence-electron chi connectivity index (χ2n) is 5.37. The minimum absolute atomic E-state index is 0.493. The Morgan fingerprint density at radius 2 is 1.45 bits per heavy atom. The maximum absolute atomic E-state index is 12.7. The van der Waals surface area contributed by atoms with E-state index in [1.807, 2.05) is 60.7 Å². The third kappa shape index (κ3) is 6.17. The molecule has 0 amide bonds. The largest absolute Gasteiger partial charge is 0.389 e. The molecule has 1 unspecified atom stereocenters. The summed E-state index contributed by atoms with van der Waals surface area (Å²) in [6.07, 6.45) is -0.299. The van der Waals surface area contributed by atoms with Crippen molar-refractivity contribution in [1.82, 2.24) is 0 Å². The van der Waals surface area contributed by atoms with Crippen molar-refractivity contribution in [3.05, 3.63) is 77.9 Å². The molecule has 0 bridgehead atoms. The topological polar surface area (TPSA) is 0 Å². The molecule has 0 saturated heterocycles. The molecular weight excluding hydrogens is 285 g/mol. The van der Waals surface area contributed by atoms with Crippen LogP contribution in [-0.4, -0.2) is 6.18 Å². The smallest absolute Gasteiger partial charge is 0.171 e. The Hall–Kier alpha value is -2.03. The molecule has 2 aromatic rings. The normalized spacial score (nSPS) is 13.4. The number of hydrogen-bond acceptors (Lipinski definition) is 0. The Kier molecular flexibility index (Phi) is 5.82. The quantitative estimate of drug-likeness (QED) is 0.623. The summed E-state index contributed by atoms with van der Waals surface area (Å²) >= 11 is 0. The summed E-state index contributed by atoms with van der Waals surface area (Å²) in [6, 6.07) is 19.0. The molecule has 0 aliphatic rings. The van der Waals surface area contributed by atoms with Crippen molar-refractivity contribution in [2.24, 2.45) is 5.92 Å². The van der Waals surface area contributed by atoms with Crippen molar-refractivity contribution in [1.29, 1.82) is 0 Å². The van der Waals surface area contributed by atoms with Crippen LogP contribution in [0.5, 0.6) is 0 Å². The zero-order chi connectivity index (χ0) is 15.8. The van der Waals surface area contributed by atoms with Crippen molar-refractivity contribution < 1.29 is 13.2 Å². The van der Waals surface area contributed by atoms with Gasteiger partial charge >= 0.3 is 6.18 Å². The van der Waals surface area contributed by atoms with Crippen molar-refractivity contribution in [3.8, 4) is 0 Å². The van der Waals surface area contributed by atoms with Gasteiger partial charge in [0, 0.05) is 6.42 Å². The highest BCUT2D eigenvalue weighted by atomic mass is 19.4. The third-order valence-corrected chi connectivity index (χ3v) is 3.50. The van der Waals surface area contributed by atoms with E-state index in [-0.39, 0.29) is 0 Å². The fourth-order valence-corrected chi connectivity index (χ4v) is 2.37. The lowest BCUT2D eigenvalue weighted by molar-refractivity contribution is -0.141. The zero-order valence-electron chi connectivity index (χ0n) is 12.3. The molecule has 0 saturated carbocycles. The molecule has 2 aromatic carbocycles. The molecule has 0 nitrogen and oxygen atoms in total. The average molecular weight is 304 g/mol. The van der Waals surface area contributed by atoms with Gasteiger partial charge in [-0.1, -0.05) is 72.8 Å². The molecule has 1 atom stereocenters. The van der Waals surface area contributed by atoms with Crippen LogP contribution in [0.3, 0.4) is 0 Å². The fourth-order valence-electron chi connectivity index (χ4n) is 2.37. The molecule has 0 fully saturated rings. The molecule has 0 spiro atoms. The van der Waals surface area contributed by atoms with Crippen LogP contribution in [-0.2, 0) is 6.42 Å². The maximum Gasteiger partial charge on any atom is 0.389 e. The second kappa shape index (κ2) is 7.83. The van der Waals surface area contributed by atoms with Crippen LogP contribution in [0.25, 0.3) is 6.08 Å². The Labute approximate surface area is 129 Å². The molecule has 0 aliphatic carbocycles. The SMILES string of the molecule is FC(F)(F)CC(/C=C/c1ccccc1)CCc1ccccc1. The minimum Gasteiger partial charge on any atom is -0.171 e. The first-order valence-corrected chi connectivity index (χ1v) is 7.37. The van der Waals surface area contributed by atoms with Crippen molar-refractivity contribution >= 4 is 6.08 Å². The van der Waals surface area contributed by atoms with Crippen LogP contribution in [0.1, 0.15) is 24.0 Å². The Balaban J connectivity index is 2.01. The van der Waals surface area contributed by atoms with Crippen LogP contribution in [0, 0.1) is 5.92 Å². The van der Waals surface area contributed by atoms with Crippen LogP contribution >= 0.6 is 0 Å². The van der Waals surface area contributed by atoms with Gasteiger partial charge in [-0.05, 0) is 29.9 Å². The Bertz CT molecular complexity index is 571. The Morgan fingerprint density at radius 3 is 2.05 bits per heavy atom. The standard InChI is InChI=1S/C19H19F3/c20-19(21,22)15-18(13-11-16-7-3-1-4-8-16)14-12-17-9-5-2-6-10-17/h1-11,13,18H,12,14-15H2/b13-11+. The van der Waals surface area contributed by atoms with Crippen LogP contribution < -0.4 is 0 Å². The first-order valence-electron chi connectivity index (χ1n) is 7.37. The number of rotatable bonds is 6. The molecule has 0 N–H and O–H groups in total. The van der Waals surface area contributed by atoms with Gasteiger partial charge in [0.15, 0.2) is 0 Å². The van der Waals surface area contributed by atoms with E-state index in [1.54, 1.807) is 12.2 Å². The number of allylic oxidation sites excluding steroid dienone is 1. The summed E-state index contributed by atoms with van der Waals surface area (Å²) in [4.78, 5) is 0. The zero-order valence-corrected chi connectivity index (χ0v) is 12.3. The number of aryl methyl sites for hydroxylation is 1. The van der Waals surface area contributed by atoms with Gasteiger partial charge in [-0.2, -0.15) is 13.2 Å². The van der Waals surface area contributed by atoms with E-state index in [4.69, 9.17) is 0 Å². The predicted octanol–water partition coefficient (Wildman–Crippen LogP) is 5.90. The van der Waals surface area contributed by atoms with E-state index in [0.717, 1.165) is 11.1 Å². The molecule has 22 heavy (non-hydrogen) atoms. The summed E-state index contributed by atoms with van der Waals surface area (Å²) in [5, 5.41) is 0. The van der Waals surface area contributed by atoms with Crippen molar-refractivity contribution in [2.45, 2.75) is 25.4 Å². The highest BCUT2D eigenvalue weighted by molar-refractivity contribution is 5.49. The third-order valence-electron chi connectivity index (χ3n) is 3.50. The molecular formula is C19H19F3. The van der Waals surface area contributed by atoms with Gasteiger partial charge in [0.25, 0.3) is 0 Å². The second-order valence-corrected chi connectivity index (χ2v) is 5.37. The maximum atomic E-state index is 12.7. The predicted molar refractivity (Wildman–Crippen MR) is 84.4 cm³/mol. The average Bonchev–Trinajstić information content (AvgIpc) is 2.51. The number of halogens is 3. The summed E-state index contributed by atoms with van der Waals surface area (Å²) in [7, 11) is 0. The molecule has 0 heterocycles. The van der Waals surface area contributed by atoms with Crippen LogP contribution in [0.2, 0.25) is 0 Å². The molecule has 116 valence electrons. The lowest BCUT2D eigenvalue weighted by Crippen LogP contribution is -2.14. The fraction of sp³-hybridized carbons (Fsp3) is 0.263. The van der Waals surface area contributed by atoms with Gasteiger partial charge in [0.05, 0.1) is 0 Å². The lowest BCUT2D eigenvalue weighted by Gasteiger charge is -2.15. The molecule has 0 aromatic heterocycles. The molecule has 0 aliphatic heterocycles. The molecule has 2 rings (SSSR count). The van der Waals surface area contributed by atoms with E-state index in [2.05, 4.69) is 0 Å². The first kappa shape index (κ1) is 16.3. The van der Waals surface area contributed by atoms with Gasteiger partial charge in [0.2, 0.25) is 0 Å². The Morgan fingerprint density at radius 1 is 0.864 bits per heavy atom. The van der Waals surface area contributed by atoms with Crippen molar-refractivity contribution in [3.63, 3.8) is 0 Å². The van der Waals surface area contributed by atoms with Gasteiger partial charge in [-0.3, -0.25) is 0 Å². The molecule has 3 heteroatoms. The minimum atomic E-state index is -4.14. The number of alkyl halides is 3. The summed E-state index contributed by atoms with van der Waals surface area (Å²) in [5.74, 6) is -0.500. The number of benzene rings is 2. The summed E-state index contributed by atoms with van der Waals surface area (Å²) < 4.78 is 38.2. The van der Waals surface area contributed by atoms with E-state index in [0.29, 0.717) is 12.8 Å². The van der Waals surface area contributed by atoms with E-state index in [1.165, 1.54) is 0 Å². The summed E-state index contributed by atoms with van der Waals surface area (Å²) in [6.45, 7) is 0.